The number of aliphatic carboxylic acids is 1. The molecule has 1 aromatic rings. The molecule has 0 spiro atoms. The number of benzene rings is 1. The van der Waals surface area contributed by atoms with Crippen molar-refractivity contribution in [3.63, 3.8) is 0 Å². The summed E-state index contributed by atoms with van der Waals surface area (Å²) >= 11 is 0. The van der Waals surface area contributed by atoms with Crippen LogP contribution in [-0.4, -0.2) is 23.0 Å². The average molecular weight is 297 g/mol. The minimum Gasteiger partial charge on any atom is -0.481 e. The number of carbonyl (C=O) groups is 2. The van der Waals surface area contributed by atoms with Crippen molar-refractivity contribution in [2.45, 2.75) is 38.1 Å². The van der Waals surface area contributed by atoms with Crippen LogP contribution in [0.4, 0.5) is 8.78 Å². The van der Waals surface area contributed by atoms with E-state index in [2.05, 4.69) is 5.32 Å². The van der Waals surface area contributed by atoms with Gasteiger partial charge in [0.1, 0.15) is 0 Å². The van der Waals surface area contributed by atoms with Crippen molar-refractivity contribution in [2.75, 3.05) is 0 Å². The van der Waals surface area contributed by atoms with Crippen LogP contribution in [0.2, 0.25) is 0 Å². The number of amides is 1. The van der Waals surface area contributed by atoms with Gasteiger partial charge in [-0.15, -0.1) is 0 Å². The van der Waals surface area contributed by atoms with Gasteiger partial charge in [0.25, 0.3) is 0 Å². The zero-order chi connectivity index (χ0) is 15.4. The second-order valence-corrected chi connectivity index (χ2v) is 5.29. The van der Waals surface area contributed by atoms with E-state index in [1.165, 1.54) is 12.1 Å². The van der Waals surface area contributed by atoms with Crippen LogP contribution in [0.25, 0.3) is 0 Å². The standard InChI is InChI=1S/C15H17F2NO3/c16-11-6-3-4-9(14(11)17)8-13(19)18-12-7-2-1-5-10(12)15(20)21/h3-4,6,10,12H,1-2,5,7-8H2,(H,18,19)(H,20,21). The Morgan fingerprint density at radius 2 is 1.95 bits per heavy atom. The molecule has 0 bridgehead atoms. The van der Waals surface area contributed by atoms with Crippen LogP contribution >= 0.6 is 0 Å². The van der Waals surface area contributed by atoms with E-state index in [1.807, 2.05) is 0 Å². The summed E-state index contributed by atoms with van der Waals surface area (Å²) < 4.78 is 26.6. The number of hydrogen-bond donors (Lipinski definition) is 2. The van der Waals surface area contributed by atoms with Crippen molar-refractivity contribution >= 4 is 11.9 Å². The van der Waals surface area contributed by atoms with E-state index in [-0.39, 0.29) is 12.0 Å². The number of halogens is 2. The molecule has 0 aliphatic heterocycles. The quantitative estimate of drug-likeness (QED) is 0.896. The van der Waals surface area contributed by atoms with Crippen molar-refractivity contribution < 1.29 is 23.5 Å². The van der Waals surface area contributed by atoms with Gasteiger partial charge in [0, 0.05) is 11.6 Å². The highest BCUT2D eigenvalue weighted by Crippen LogP contribution is 2.24. The summed E-state index contributed by atoms with van der Waals surface area (Å²) in [6, 6.07) is 3.22. The maximum Gasteiger partial charge on any atom is 0.308 e. The van der Waals surface area contributed by atoms with Crippen LogP contribution < -0.4 is 5.32 Å². The first-order valence-corrected chi connectivity index (χ1v) is 6.94. The Balaban J connectivity index is 2.00. The predicted molar refractivity (Wildman–Crippen MR) is 71.6 cm³/mol. The molecular weight excluding hydrogens is 280 g/mol. The summed E-state index contributed by atoms with van der Waals surface area (Å²) in [7, 11) is 0. The maximum absolute atomic E-state index is 13.5. The number of carboxylic acids is 1. The Morgan fingerprint density at radius 1 is 1.24 bits per heavy atom. The van der Waals surface area contributed by atoms with Gasteiger partial charge in [-0.05, 0) is 18.9 Å². The second kappa shape index (κ2) is 6.65. The first-order chi connectivity index (χ1) is 9.99. The minimum absolute atomic E-state index is 0.0322. The maximum atomic E-state index is 13.5. The molecule has 1 aliphatic carbocycles. The third-order valence-corrected chi connectivity index (χ3v) is 3.81. The van der Waals surface area contributed by atoms with Gasteiger partial charge in [-0.2, -0.15) is 0 Å². The summed E-state index contributed by atoms with van der Waals surface area (Å²) in [5.74, 6) is -4.07. The van der Waals surface area contributed by atoms with E-state index in [1.54, 1.807) is 0 Å². The summed E-state index contributed by atoms with van der Waals surface area (Å²) in [6.07, 6.45) is 2.49. The van der Waals surface area contributed by atoms with Crippen LogP contribution in [0, 0.1) is 17.6 Å². The van der Waals surface area contributed by atoms with E-state index in [0.717, 1.165) is 18.9 Å². The Kier molecular flexibility index (Phi) is 4.88. The number of carbonyl (C=O) groups excluding carboxylic acids is 1. The molecule has 1 amide bonds. The first kappa shape index (κ1) is 15.4. The highest BCUT2D eigenvalue weighted by Gasteiger charge is 2.31. The smallest absolute Gasteiger partial charge is 0.308 e. The van der Waals surface area contributed by atoms with E-state index < -0.39 is 35.5 Å². The number of nitrogens with one attached hydrogen (secondary N) is 1. The zero-order valence-electron chi connectivity index (χ0n) is 11.4. The number of hydrogen-bond acceptors (Lipinski definition) is 2. The minimum atomic E-state index is -1.04. The lowest BCUT2D eigenvalue weighted by Crippen LogP contribution is -2.45. The van der Waals surface area contributed by atoms with Crippen LogP contribution in [0.1, 0.15) is 31.2 Å². The molecule has 1 fully saturated rings. The molecule has 0 radical (unpaired) electrons. The molecule has 6 heteroatoms. The van der Waals surface area contributed by atoms with Crippen LogP contribution in [0.15, 0.2) is 18.2 Å². The fraction of sp³-hybridized carbons (Fsp3) is 0.467. The molecule has 0 saturated heterocycles. The average Bonchev–Trinajstić information content (AvgIpc) is 2.44. The lowest BCUT2D eigenvalue weighted by Gasteiger charge is -2.29. The van der Waals surface area contributed by atoms with Gasteiger partial charge in [-0.25, -0.2) is 8.78 Å². The van der Waals surface area contributed by atoms with Gasteiger partial charge in [0.15, 0.2) is 11.6 Å². The molecule has 114 valence electrons. The van der Waals surface area contributed by atoms with Crippen molar-refractivity contribution in [3.8, 4) is 0 Å². The normalized spacial score (nSPS) is 21.8. The first-order valence-electron chi connectivity index (χ1n) is 6.94. The molecular formula is C15H17F2NO3. The molecule has 2 N–H and O–H groups in total. The van der Waals surface area contributed by atoms with E-state index in [4.69, 9.17) is 5.11 Å². The highest BCUT2D eigenvalue weighted by atomic mass is 19.2. The Morgan fingerprint density at radius 3 is 2.67 bits per heavy atom. The molecule has 0 heterocycles. The third-order valence-electron chi connectivity index (χ3n) is 3.81. The largest absolute Gasteiger partial charge is 0.481 e. The van der Waals surface area contributed by atoms with Crippen molar-refractivity contribution in [2.24, 2.45) is 5.92 Å². The van der Waals surface area contributed by atoms with E-state index in [0.29, 0.717) is 12.8 Å². The fourth-order valence-electron chi connectivity index (χ4n) is 2.71. The molecule has 1 aromatic carbocycles. The Hall–Kier alpha value is -1.98. The topological polar surface area (TPSA) is 66.4 Å². The lowest BCUT2D eigenvalue weighted by molar-refractivity contribution is -0.144. The molecule has 1 aliphatic rings. The number of rotatable bonds is 4. The van der Waals surface area contributed by atoms with Crippen LogP contribution in [0.3, 0.4) is 0 Å². The SMILES string of the molecule is O=C(Cc1cccc(F)c1F)NC1CCCCC1C(=O)O. The Bertz CT molecular complexity index is 548. The second-order valence-electron chi connectivity index (χ2n) is 5.29. The predicted octanol–water partition coefficient (Wildman–Crippen LogP) is 2.27. The molecule has 2 unspecified atom stereocenters. The van der Waals surface area contributed by atoms with Crippen molar-refractivity contribution in [1.29, 1.82) is 0 Å². The van der Waals surface area contributed by atoms with Gasteiger partial charge in [-0.1, -0.05) is 25.0 Å². The van der Waals surface area contributed by atoms with Gasteiger partial charge < -0.3 is 10.4 Å². The summed E-state index contributed by atoms with van der Waals surface area (Å²) in [6.45, 7) is 0. The Labute approximate surface area is 121 Å². The van der Waals surface area contributed by atoms with Gasteiger partial charge in [-0.3, -0.25) is 9.59 Å². The van der Waals surface area contributed by atoms with E-state index in [9.17, 15) is 18.4 Å². The van der Waals surface area contributed by atoms with Gasteiger partial charge in [0.2, 0.25) is 5.91 Å². The molecule has 2 rings (SSSR count). The molecule has 0 aromatic heterocycles. The molecule has 4 nitrogen and oxygen atoms in total. The molecule has 1 saturated carbocycles. The van der Waals surface area contributed by atoms with Gasteiger partial charge >= 0.3 is 5.97 Å². The summed E-state index contributed by atoms with van der Waals surface area (Å²) in [5.41, 5.74) is -0.0322. The number of carboxylic acid groups (broad SMARTS) is 1. The van der Waals surface area contributed by atoms with Gasteiger partial charge in [0.05, 0.1) is 12.3 Å². The monoisotopic (exact) mass is 297 g/mol. The third kappa shape index (κ3) is 3.77. The summed E-state index contributed by atoms with van der Waals surface area (Å²) in [4.78, 5) is 23.1. The van der Waals surface area contributed by atoms with Crippen LogP contribution in [0.5, 0.6) is 0 Å². The lowest BCUT2D eigenvalue weighted by atomic mass is 9.84. The fourth-order valence-corrected chi connectivity index (χ4v) is 2.71. The summed E-state index contributed by atoms with van der Waals surface area (Å²) in [5, 5.41) is 11.8. The molecule has 2 atom stereocenters. The van der Waals surface area contributed by atoms with Crippen molar-refractivity contribution in [3.05, 3.63) is 35.4 Å². The van der Waals surface area contributed by atoms with Crippen LogP contribution in [-0.2, 0) is 16.0 Å². The molecule has 21 heavy (non-hydrogen) atoms. The zero-order valence-corrected chi connectivity index (χ0v) is 11.4. The van der Waals surface area contributed by atoms with E-state index >= 15 is 0 Å². The highest BCUT2D eigenvalue weighted by molar-refractivity contribution is 5.80. The van der Waals surface area contributed by atoms with Crippen molar-refractivity contribution in [1.82, 2.24) is 5.32 Å².